The summed E-state index contributed by atoms with van der Waals surface area (Å²) in [5, 5.41) is 9.25. The standard InChI is InChI=1S/C19H24O3/c1-18(2)14-10-11-19(3,12-14)17(18)22-16(21)9-6-13-4-7-15(20)8-5-13/h4-9,14,17,20H,10-12H2,1-3H3/t14-,17+,19+/m1/s1. The van der Waals surface area contributed by atoms with Gasteiger partial charge in [-0.15, -0.1) is 0 Å². The Kier molecular flexibility index (Phi) is 3.54. The lowest BCUT2D eigenvalue weighted by Gasteiger charge is -2.41. The van der Waals surface area contributed by atoms with Crippen LogP contribution >= 0.6 is 0 Å². The van der Waals surface area contributed by atoms with E-state index in [0.717, 1.165) is 12.0 Å². The lowest BCUT2D eigenvalue weighted by molar-refractivity contribution is -0.158. The van der Waals surface area contributed by atoms with E-state index in [0.29, 0.717) is 5.92 Å². The number of phenolic OH excluding ortho intramolecular Hbond substituents is 1. The molecule has 1 aromatic rings. The van der Waals surface area contributed by atoms with E-state index in [9.17, 15) is 9.90 Å². The molecule has 2 aliphatic carbocycles. The Hall–Kier alpha value is -1.77. The van der Waals surface area contributed by atoms with Gasteiger partial charge in [0.15, 0.2) is 0 Å². The average Bonchev–Trinajstić information content (AvgIpc) is 2.94. The summed E-state index contributed by atoms with van der Waals surface area (Å²) in [5.41, 5.74) is 1.07. The van der Waals surface area contributed by atoms with Crippen LogP contribution in [0.25, 0.3) is 6.08 Å². The molecule has 0 saturated heterocycles. The summed E-state index contributed by atoms with van der Waals surface area (Å²) in [7, 11) is 0. The molecule has 0 radical (unpaired) electrons. The number of phenols is 1. The molecule has 118 valence electrons. The molecule has 3 rings (SSSR count). The van der Waals surface area contributed by atoms with E-state index in [2.05, 4.69) is 20.8 Å². The van der Waals surface area contributed by atoms with Crippen molar-refractivity contribution in [2.45, 2.75) is 46.1 Å². The number of aromatic hydroxyl groups is 1. The SMILES string of the molecule is CC1(C)[C@@H]2CC[C@@](C)(C2)[C@H]1OC(=O)C=Cc1ccc(O)cc1. The van der Waals surface area contributed by atoms with Crippen molar-refractivity contribution in [3.63, 3.8) is 0 Å². The molecule has 0 amide bonds. The number of fused-ring (bicyclic) bond motifs is 2. The summed E-state index contributed by atoms with van der Waals surface area (Å²) in [6.07, 6.45) is 6.78. The maximum absolute atomic E-state index is 12.2. The summed E-state index contributed by atoms with van der Waals surface area (Å²) in [6, 6.07) is 6.74. The minimum atomic E-state index is -0.278. The average molecular weight is 300 g/mol. The van der Waals surface area contributed by atoms with Crippen LogP contribution < -0.4 is 0 Å². The fraction of sp³-hybridized carbons (Fsp3) is 0.526. The van der Waals surface area contributed by atoms with Gasteiger partial charge in [-0.05, 0) is 49.0 Å². The number of benzene rings is 1. The van der Waals surface area contributed by atoms with Crippen LogP contribution in [0.3, 0.4) is 0 Å². The van der Waals surface area contributed by atoms with Crippen molar-refractivity contribution < 1.29 is 14.6 Å². The number of ether oxygens (including phenoxy) is 1. The molecule has 22 heavy (non-hydrogen) atoms. The van der Waals surface area contributed by atoms with Crippen LogP contribution in [-0.4, -0.2) is 17.2 Å². The van der Waals surface area contributed by atoms with Crippen LogP contribution in [0.15, 0.2) is 30.3 Å². The number of carbonyl (C=O) groups is 1. The highest BCUT2D eigenvalue weighted by molar-refractivity contribution is 5.87. The van der Waals surface area contributed by atoms with Gasteiger partial charge in [-0.1, -0.05) is 32.9 Å². The van der Waals surface area contributed by atoms with Gasteiger partial charge in [-0.2, -0.15) is 0 Å². The van der Waals surface area contributed by atoms with Crippen molar-refractivity contribution >= 4 is 12.0 Å². The lowest BCUT2D eigenvalue weighted by Crippen LogP contribution is -2.43. The van der Waals surface area contributed by atoms with Crippen LogP contribution in [-0.2, 0) is 9.53 Å². The highest BCUT2D eigenvalue weighted by Crippen LogP contribution is 2.63. The number of esters is 1. The van der Waals surface area contributed by atoms with Crippen molar-refractivity contribution in [2.24, 2.45) is 16.7 Å². The minimum absolute atomic E-state index is 0.00396. The molecule has 3 heteroatoms. The van der Waals surface area contributed by atoms with Crippen molar-refractivity contribution in [3.05, 3.63) is 35.9 Å². The molecule has 2 bridgehead atoms. The van der Waals surface area contributed by atoms with Gasteiger partial charge in [-0.3, -0.25) is 0 Å². The van der Waals surface area contributed by atoms with Gasteiger partial charge in [-0.25, -0.2) is 4.79 Å². The predicted molar refractivity (Wildman–Crippen MR) is 86.2 cm³/mol. The van der Waals surface area contributed by atoms with Crippen molar-refractivity contribution in [1.82, 2.24) is 0 Å². The zero-order valence-electron chi connectivity index (χ0n) is 13.5. The second-order valence-corrected chi connectivity index (χ2v) is 7.66. The molecule has 2 saturated carbocycles. The smallest absolute Gasteiger partial charge is 0.331 e. The Bertz CT molecular complexity index is 595. The Morgan fingerprint density at radius 1 is 1.27 bits per heavy atom. The van der Waals surface area contributed by atoms with Gasteiger partial charge in [0, 0.05) is 16.9 Å². The molecule has 0 heterocycles. The van der Waals surface area contributed by atoms with Crippen LogP contribution in [0.4, 0.5) is 0 Å². The predicted octanol–water partition coefficient (Wildman–Crippen LogP) is 4.16. The first-order valence-corrected chi connectivity index (χ1v) is 7.99. The fourth-order valence-corrected chi connectivity index (χ4v) is 4.46. The Labute approximate surface area is 132 Å². The second kappa shape index (κ2) is 5.15. The maximum Gasteiger partial charge on any atom is 0.331 e. The summed E-state index contributed by atoms with van der Waals surface area (Å²) < 4.78 is 5.83. The Morgan fingerprint density at radius 2 is 1.95 bits per heavy atom. The molecule has 2 fully saturated rings. The van der Waals surface area contributed by atoms with E-state index in [-0.39, 0.29) is 28.7 Å². The third kappa shape index (κ3) is 2.53. The number of hydrogen-bond acceptors (Lipinski definition) is 3. The molecule has 3 nitrogen and oxygen atoms in total. The molecule has 1 aromatic carbocycles. The highest BCUT2D eigenvalue weighted by atomic mass is 16.5. The minimum Gasteiger partial charge on any atom is -0.508 e. The van der Waals surface area contributed by atoms with Crippen LogP contribution in [0.2, 0.25) is 0 Å². The van der Waals surface area contributed by atoms with Gasteiger partial charge in [0.2, 0.25) is 0 Å². The third-order valence-electron chi connectivity index (χ3n) is 5.68. The number of hydrogen-bond donors (Lipinski definition) is 1. The Morgan fingerprint density at radius 3 is 2.55 bits per heavy atom. The van der Waals surface area contributed by atoms with Crippen LogP contribution in [0.1, 0.15) is 45.6 Å². The molecular formula is C19H24O3. The molecule has 2 aliphatic rings. The van der Waals surface area contributed by atoms with E-state index in [1.165, 1.54) is 18.9 Å². The first kappa shape index (κ1) is 15.1. The van der Waals surface area contributed by atoms with Crippen LogP contribution in [0.5, 0.6) is 5.75 Å². The van der Waals surface area contributed by atoms with E-state index in [1.54, 1.807) is 30.3 Å². The lowest BCUT2D eigenvalue weighted by atomic mass is 9.70. The molecule has 3 atom stereocenters. The van der Waals surface area contributed by atoms with E-state index in [4.69, 9.17) is 4.74 Å². The maximum atomic E-state index is 12.2. The molecular weight excluding hydrogens is 276 g/mol. The zero-order valence-corrected chi connectivity index (χ0v) is 13.5. The van der Waals surface area contributed by atoms with Gasteiger partial charge < -0.3 is 9.84 Å². The van der Waals surface area contributed by atoms with Gasteiger partial charge in [0.25, 0.3) is 0 Å². The zero-order chi connectivity index (χ0) is 16.0. The fourth-order valence-electron chi connectivity index (χ4n) is 4.46. The van der Waals surface area contributed by atoms with Crippen LogP contribution in [0, 0.1) is 16.7 Å². The Balaban J connectivity index is 1.68. The molecule has 0 spiro atoms. The van der Waals surface area contributed by atoms with E-state index in [1.807, 2.05) is 0 Å². The summed E-state index contributed by atoms with van der Waals surface area (Å²) in [4.78, 5) is 12.2. The molecule has 0 aromatic heterocycles. The summed E-state index contributed by atoms with van der Waals surface area (Å²) >= 11 is 0. The first-order valence-electron chi connectivity index (χ1n) is 7.99. The van der Waals surface area contributed by atoms with Gasteiger partial charge in [0.1, 0.15) is 11.9 Å². The van der Waals surface area contributed by atoms with Crippen molar-refractivity contribution in [3.8, 4) is 5.75 Å². The second-order valence-electron chi connectivity index (χ2n) is 7.66. The monoisotopic (exact) mass is 300 g/mol. The van der Waals surface area contributed by atoms with Crippen molar-refractivity contribution in [1.29, 1.82) is 0 Å². The normalized spacial score (nSPS) is 32.5. The quantitative estimate of drug-likeness (QED) is 0.673. The number of rotatable bonds is 3. The highest BCUT2D eigenvalue weighted by Gasteiger charge is 2.61. The molecule has 0 aliphatic heterocycles. The van der Waals surface area contributed by atoms with Crippen molar-refractivity contribution in [2.75, 3.05) is 0 Å². The largest absolute Gasteiger partial charge is 0.508 e. The first-order chi connectivity index (χ1) is 10.3. The summed E-state index contributed by atoms with van der Waals surface area (Å²) in [6.45, 7) is 6.71. The summed E-state index contributed by atoms with van der Waals surface area (Å²) in [5.74, 6) is 0.604. The third-order valence-corrected chi connectivity index (χ3v) is 5.68. The number of carbonyl (C=O) groups excluding carboxylic acids is 1. The van der Waals surface area contributed by atoms with Gasteiger partial charge >= 0.3 is 5.97 Å². The van der Waals surface area contributed by atoms with E-state index >= 15 is 0 Å². The molecule has 0 unspecified atom stereocenters. The molecule has 1 N–H and O–H groups in total. The van der Waals surface area contributed by atoms with E-state index < -0.39 is 0 Å². The topological polar surface area (TPSA) is 46.5 Å². The van der Waals surface area contributed by atoms with Gasteiger partial charge in [0.05, 0.1) is 0 Å².